The van der Waals surface area contributed by atoms with Crippen LogP contribution in [0.15, 0.2) is 36.4 Å². The molecule has 0 spiro atoms. The summed E-state index contributed by atoms with van der Waals surface area (Å²) >= 11 is 0. The van der Waals surface area contributed by atoms with E-state index in [1.807, 2.05) is 38.1 Å². The number of rotatable bonds is 3. The molecule has 0 fully saturated rings. The number of hydrogen-bond acceptors (Lipinski definition) is 2. The van der Waals surface area contributed by atoms with Crippen molar-refractivity contribution in [1.29, 1.82) is 0 Å². The van der Waals surface area contributed by atoms with E-state index in [1.54, 1.807) is 0 Å². The minimum absolute atomic E-state index is 0.000168. The van der Waals surface area contributed by atoms with E-state index >= 15 is 0 Å². The van der Waals surface area contributed by atoms with Gasteiger partial charge in [0.25, 0.3) is 0 Å². The molecule has 0 bridgehead atoms. The van der Waals surface area contributed by atoms with Gasteiger partial charge in [0.15, 0.2) is 11.6 Å². The molecule has 21 heavy (non-hydrogen) atoms. The van der Waals surface area contributed by atoms with Crippen LogP contribution in [0.2, 0.25) is 0 Å². The van der Waals surface area contributed by atoms with Crippen LogP contribution in [0, 0.1) is 11.6 Å². The maximum Gasteiger partial charge on any atom is 0.186 e. The van der Waals surface area contributed by atoms with Crippen LogP contribution < -0.4 is 4.74 Å². The molecule has 0 saturated carbocycles. The molecule has 3 rings (SSSR count). The maximum atomic E-state index is 13.7. The Balaban J connectivity index is 2.06. The van der Waals surface area contributed by atoms with Crippen LogP contribution >= 0.6 is 0 Å². The Hall–Kier alpha value is -2.43. The molecule has 0 unspecified atom stereocenters. The van der Waals surface area contributed by atoms with Gasteiger partial charge in [-0.3, -0.25) is 0 Å². The van der Waals surface area contributed by atoms with E-state index < -0.39 is 11.6 Å². The summed E-state index contributed by atoms with van der Waals surface area (Å²) < 4.78 is 32.5. The lowest BCUT2D eigenvalue weighted by atomic mass is 10.2. The predicted octanol–water partition coefficient (Wildman–Crippen LogP) is 4.30. The maximum absolute atomic E-state index is 13.7. The second-order valence-electron chi connectivity index (χ2n) is 5.04. The number of nitrogens with one attached hydrogen (secondary N) is 1. The minimum Gasteiger partial charge on any atom is -0.491 e. The highest BCUT2D eigenvalue weighted by molar-refractivity contribution is 5.80. The smallest absolute Gasteiger partial charge is 0.186 e. The number of ether oxygens (including phenoxy) is 1. The summed E-state index contributed by atoms with van der Waals surface area (Å²) in [6.07, 6.45) is 0.0578. The second kappa shape index (κ2) is 5.16. The average Bonchev–Trinajstić information content (AvgIpc) is 2.87. The third-order valence-corrected chi connectivity index (χ3v) is 3.02. The molecule has 108 valence electrons. The van der Waals surface area contributed by atoms with Crippen molar-refractivity contribution in [3.63, 3.8) is 0 Å². The minimum atomic E-state index is -0.940. The fraction of sp³-hybridized carbons (Fsp3) is 0.188. The third-order valence-electron chi connectivity index (χ3n) is 3.02. The van der Waals surface area contributed by atoms with E-state index in [-0.39, 0.29) is 11.6 Å². The van der Waals surface area contributed by atoms with Crippen LogP contribution in [-0.2, 0) is 0 Å². The van der Waals surface area contributed by atoms with Gasteiger partial charge in [-0.15, -0.1) is 0 Å². The second-order valence-corrected chi connectivity index (χ2v) is 5.04. The van der Waals surface area contributed by atoms with E-state index in [0.29, 0.717) is 17.1 Å². The summed E-state index contributed by atoms with van der Waals surface area (Å²) in [5.41, 5.74) is 1.21. The van der Waals surface area contributed by atoms with Crippen molar-refractivity contribution in [1.82, 2.24) is 9.97 Å². The predicted molar refractivity (Wildman–Crippen MR) is 77.2 cm³/mol. The summed E-state index contributed by atoms with van der Waals surface area (Å²) in [5, 5.41) is 0. The Morgan fingerprint density at radius 3 is 2.71 bits per heavy atom. The molecule has 3 aromatic rings. The number of imidazole rings is 1. The number of halogens is 2. The molecule has 1 aromatic heterocycles. The first-order valence-electron chi connectivity index (χ1n) is 6.65. The lowest BCUT2D eigenvalue weighted by Gasteiger charge is -2.10. The number of fused-ring (bicyclic) bond motifs is 1. The van der Waals surface area contributed by atoms with Gasteiger partial charge in [-0.1, -0.05) is 12.1 Å². The topological polar surface area (TPSA) is 37.9 Å². The van der Waals surface area contributed by atoms with Gasteiger partial charge >= 0.3 is 0 Å². The van der Waals surface area contributed by atoms with Crippen LogP contribution in [0.1, 0.15) is 13.8 Å². The van der Waals surface area contributed by atoms with Crippen LogP contribution in [0.5, 0.6) is 5.75 Å². The molecule has 1 heterocycles. The lowest BCUT2D eigenvalue weighted by molar-refractivity contribution is 0.242. The molecular weight excluding hydrogens is 274 g/mol. The SMILES string of the molecule is CC(C)Oc1cccc(-c2nc3c(F)c(F)ccc3[nH]2)c1. The van der Waals surface area contributed by atoms with Crippen molar-refractivity contribution >= 4 is 11.0 Å². The first kappa shape index (κ1) is 13.5. The van der Waals surface area contributed by atoms with Gasteiger partial charge in [0, 0.05) is 5.56 Å². The van der Waals surface area contributed by atoms with Gasteiger partial charge in [0.05, 0.1) is 11.6 Å². The Labute approximate surface area is 120 Å². The van der Waals surface area contributed by atoms with Crippen molar-refractivity contribution in [2.45, 2.75) is 20.0 Å². The summed E-state index contributed by atoms with van der Waals surface area (Å²) in [5.74, 6) is -0.666. The highest BCUT2D eigenvalue weighted by Gasteiger charge is 2.13. The lowest BCUT2D eigenvalue weighted by Crippen LogP contribution is -2.05. The molecule has 0 atom stereocenters. The van der Waals surface area contributed by atoms with Gasteiger partial charge < -0.3 is 9.72 Å². The van der Waals surface area contributed by atoms with E-state index in [1.165, 1.54) is 6.07 Å². The number of nitrogens with zero attached hydrogens (tertiary/aromatic N) is 1. The number of aromatic amines is 1. The standard InChI is InChI=1S/C16H14F2N2O/c1-9(2)21-11-5-3-4-10(8-11)16-19-13-7-6-12(17)14(18)15(13)20-16/h3-9H,1-2H3,(H,19,20). The van der Waals surface area contributed by atoms with Gasteiger partial charge in [-0.25, -0.2) is 13.8 Å². The quantitative estimate of drug-likeness (QED) is 0.780. The van der Waals surface area contributed by atoms with Crippen LogP contribution in [0.3, 0.4) is 0 Å². The molecular formula is C16H14F2N2O. The monoisotopic (exact) mass is 288 g/mol. The largest absolute Gasteiger partial charge is 0.491 e. The van der Waals surface area contributed by atoms with Crippen LogP contribution in [-0.4, -0.2) is 16.1 Å². The van der Waals surface area contributed by atoms with Crippen LogP contribution in [0.25, 0.3) is 22.4 Å². The molecule has 1 N–H and O–H groups in total. The van der Waals surface area contributed by atoms with Gasteiger partial charge in [0.1, 0.15) is 17.1 Å². The average molecular weight is 288 g/mol. The zero-order valence-corrected chi connectivity index (χ0v) is 11.7. The number of benzene rings is 2. The van der Waals surface area contributed by atoms with Crippen molar-refractivity contribution in [2.75, 3.05) is 0 Å². The van der Waals surface area contributed by atoms with Crippen LogP contribution in [0.4, 0.5) is 8.78 Å². The summed E-state index contributed by atoms with van der Waals surface area (Å²) in [6, 6.07) is 9.87. The molecule has 0 radical (unpaired) electrons. The number of hydrogen-bond donors (Lipinski definition) is 1. The highest BCUT2D eigenvalue weighted by Crippen LogP contribution is 2.26. The Bertz CT molecular complexity index is 796. The fourth-order valence-electron chi connectivity index (χ4n) is 2.14. The van der Waals surface area contributed by atoms with E-state index in [0.717, 1.165) is 11.6 Å². The zero-order valence-electron chi connectivity index (χ0n) is 11.7. The fourth-order valence-corrected chi connectivity index (χ4v) is 2.14. The van der Waals surface area contributed by atoms with Gasteiger partial charge in [-0.05, 0) is 38.1 Å². The normalized spacial score (nSPS) is 11.3. The number of aromatic nitrogens is 2. The molecule has 0 aliphatic carbocycles. The van der Waals surface area contributed by atoms with Crippen molar-refractivity contribution < 1.29 is 13.5 Å². The first-order chi connectivity index (χ1) is 10.0. The summed E-state index contributed by atoms with van der Waals surface area (Å²) in [7, 11) is 0. The van der Waals surface area contributed by atoms with E-state index in [4.69, 9.17) is 4.74 Å². The van der Waals surface area contributed by atoms with E-state index in [9.17, 15) is 8.78 Å². The van der Waals surface area contributed by atoms with Crippen molar-refractivity contribution in [3.05, 3.63) is 48.0 Å². The Morgan fingerprint density at radius 2 is 1.95 bits per heavy atom. The highest BCUT2D eigenvalue weighted by atomic mass is 19.2. The van der Waals surface area contributed by atoms with Gasteiger partial charge in [-0.2, -0.15) is 0 Å². The Morgan fingerprint density at radius 1 is 1.14 bits per heavy atom. The van der Waals surface area contributed by atoms with Crippen molar-refractivity contribution in [3.8, 4) is 17.1 Å². The third kappa shape index (κ3) is 2.59. The molecule has 0 aliphatic rings. The molecule has 0 aliphatic heterocycles. The Kier molecular flexibility index (Phi) is 3.33. The van der Waals surface area contributed by atoms with Crippen molar-refractivity contribution in [2.24, 2.45) is 0 Å². The molecule has 2 aromatic carbocycles. The van der Waals surface area contributed by atoms with Gasteiger partial charge in [0.2, 0.25) is 0 Å². The summed E-state index contributed by atoms with van der Waals surface area (Å²) in [4.78, 5) is 7.12. The molecule has 0 saturated heterocycles. The van der Waals surface area contributed by atoms with E-state index in [2.05, 4.69) is 9.97 Å². The number of H-pyrrole nitrogens is 1. The zero-order chi connectivity index (χ0) is 15.0. The molecule has 0 amide bonds. The first-order valence-corrected chi connectivity index (χ1v) is 6.65. The summed E-state index contributed by atoms with van der Waals surface area (Å²) in [6.45, 7) is 3.87. The molecule has 3 nitrogen and oxygen atoms in total. The molecule has 5 heteroatoms.